The van der Waals surface area contributed by atoms with Gasteiger partial charge in [0, 0.05) is 16.3 Å². The number of carbonyl (C=O) groups is 2. The van der Waals surface area contributed by atoms with Crippen molar-refractivity contribution in [1.29, 1.82) is 0 Å². The predicted molar refractivity (Wildman–Crippen MR) is 143 cm³/mol. The number of esters is 1. The highest BCUT2D eigenvalue weighted by atomic mass is 35.5. The molecule has 2 heterocycles. The van der Waals surface area contributed by atoms with E-state index in [1.807, 2.05) is 72.8 Å². The molecule has 1 aromatic heterocycles. The first-order valence-electron chi connectivity index (χ1n) is 11.7. The Morgan fingerprint density at radius 2 is 1.68 bits per heavy atom. The van der Waals surface area contributed by atoms with Crippen LogP contribution in [-0.4, -0.2) is 29.2 Å². The highest BCUT2D eigenvalue weighted by molar-refractivity contribution is 8.00. The number of hydrogen-bond acceptors (Lipinski definition) is 6. The van der Waals surface area contributed by atoms with Gasteiger partial charge in [-0.3, -0.25) is 9.59 Å². The monoisotopic (exact) mass is 530 g/mol. The molecule has 0 unspecified atom stereocenters. The van der Waals surface area contributed by atoms with Gasteiger partial charge in [-0.1, -0.05) is 72.3 Å². The largest absolute Gasteiger partial charge is 0.467 e. The third kappa shape index (κ3) is 5.96. The fourth-order valence-electron chi connectivity index (χ4n) is 4.05. The van der Waals surface area contributed by atoms with Gasteiger partial charge in [-0.2, -0.15) is 5.10 Å². The Morgan fingerprint density at radius 1 is 0.973 bits per heavy atom. The van der Waals surface area contributed by atoms with Crippen molar-refractivity contribution < 1.29 is 18.7 Å². The van der Waals surface area contributed by atoms with E-state index in [0.29, 0.717) is 17.2 Å². The van der Waals surface area contributed by atoms with Crippen LogP contribution >= 0.6 is 23.4 Å². The molecule has 37 heavy (non-hydrogen) atoms. The second-order valence-corrected chi connectivity index (χ2v) is 9.97. The topological polar surface area (TPSA) is 72.1 Å². The molecule has 2 atom stereocenters. The number of furan rings is 1. The molecule has 0 radical (unpaired) electrons. The van der Waals surface area contributed by atoms with Crippen molar-refractivity contribution in [2.45, 2.75) is 22.6 Å². The molecule has 0 spiro atoms. The molecule has 0 aliphatic carbocycles. The molecule has 0 N–H and O–H groups in total. The number of hydrogen-bond donors (Lipinski definition) is 0. The van der Waals surface area contributed by atoms with Crippen LogP contribution in [0.5, 0.6) is 0 Å². The van der Waals surface area contributed by atoms with E-state index in [1.54, 1.807) is 30.5 Å². The highest BCUT2D eigenvalue weighted by Gasteiger charge is 2.35. The summed E-state index contributed by atoms with van der Waals surface area (Å²) < 4.78 is 11.1. The zero-order valence-corrected chi connectivity index (χ0v) is 21.3. The van der Waals surface area contributed by atoms with Crippen molar-refractivity contribution >= 4 is 41.0 Å². The lowest BCUT2D eigenvalue weighted by atomic mass is 10.0. The molecule has 1 aliphatic heterocycles. The number of thioether (sulfide) groups is 1. The quantitative estimate of drug-likeness (QED) is 0.187. The van der Waals surface area contributed by atoms with Gasteiger partial charge in [-0.25, -0.2) is 5.01 Å². The van der Waals surface area contributed by atoms with Gasteiger partial charge >= 0.3 is 5.97 Å². The van der Waals surface area contributed by atoms with Crippen LogP contribution in [-0.2, 0) is 14.3 Å². The Hall–Kier alpha value is -3.81. The van der Waals surface area contributed by atoms with Gasteiger partial charge in [0.15, 0.2) is 6.61 Å². The van der Waals surface area contributed by atoms with E-state index in [9.17, 15) is 9.59 Å². The third-order valence-electron chi connectivity index (χ3n) is 5.87. The lowest BCUT2D eigenvalue weighted by Crippen LogP contribution is -2.31. The van der Waals surface area contributed by atoms with Crippen LogP contribution in [0.15, 0.2) is 118 Å². The maximum atomic E-state index is 13.3. The van der Waals surface area contributed by atoms with Crippen LogP contribution in [0.3, 0.4) is 0 Å². The summed E-state index contributed by atoms with van der Waals surface area (Å²) in [5.74, 6) is -0.325. The van der Waals surface area contributed by atoms with Gasteiger partial charge in [0.2, 0.25) is 0 Å². The Morgan fingerprint density at radius 3 is 2.35 bits per heavy atom. The smallest absolute Gasteiger partial charge is 0.324 e. The summed E-state index contributed by atoms with van der Waals surface area (Å²) in [6.45, 7) is -0.438. The first-order valence-corrected chi connectivity index (χ1v) is 13.0. The normalized spacial score (nSPS) is 15.8. The number of benzene rings is 3. The molecule has 4 aromatic rings. The number of hydrazone groups is 1. The Labute approximate surface area is 223 Å². The van der Waals surface area contributed by atoms with Crippen molar-refractivity contribution in [3.63, 3.8) is 0 Å². The number of amides is 1. The molecule has 0 saturated carbocycles. The van der Waals surface area contributed by atoms with Crippen LogP contribution in [0.1, 0.15) is 34.6 Å². The molecule has 0 fully saturated rings. The summed E-state index contributed by atoms with van der Waals surface area (Å²) in [5.41, 5.74) is 2.38. The molecule has 186 valence electrons. The standard InChI is InChI=1S/C29H23ClN2O4S/c30-22-15-13-20(14-16-22)24-18-25(26-12-7-17-35-26)32(31-24)27(33)19-36-29(34)28(21-8-3-1-4-9-21)37-23-10-5-2-6-11-23/h1-17,25,28H,18-19H2/t25-,28+/m0/s1. The minimum Gasteiger partial charge on any atom is -0.467 e. The van der Waals surface area contributed by atoms with Gasteiger partial charge in [0.25, 0.3) is 5.91 Å². The fraction of sp³-hybridized carbons (Fsp3) is 0.138. The summed E-state index contributed by atoms with van der Waals surface area (Å²) >= 11 is 7.41. The second kappa shape index (κ2) is 11.5. The van der Waals surface area contributed by atoms with Gasteiger partial charge < -0.3 is 9.15 Å². The van der Waals surface area contributed by atoms with Crippen molar-refractivity contribution in [3.8, 4) is 0 Å². The van der Waals surface area contributed by atoms with Gasteiger partial charge in [0.1, 0.15) is 17.1 Å². The van der Waals surface area contributed by atoms with Crippen LogP contribution in [0.25, 0.3) is 0 Å². The van der Waals surface area contributed by atoms with E-state index in [2.05, 4.69) is 5.10 Å². The van der Waals surface area contributed by atoms with Crippen molar-refractivity contribution in [2.24, 2.45) is 5.10 Å². The molecule has 1 aliphatic rings. The molecular formula is C29H23ClN2O4S. The lowest BCUT2D eigenvalue weighted by molar-refractivity contribution is -0.152. The summed E-state index contributed by atoms with van der Waals surface area (Å²) in [6, 6.07) is 29.4. The molecule has 1 amide bonds. The van der Waals surface area contributed by atoms with Crippen LogP contribution in [0.2, 0.25) is 5.02 Å². The van der Waals surface area contributed by atoms with E-state index >= 15 is 0 Å². The average Bonchev–Trinajstić information content (AvgIpc) is 3.62. The predicted octanol–water partition coefficient (Wildman–Crippen LogP) is 6.69. The summed E-state index contributed by atoms with van der Waals surface area (Å²) in [7, 11) is 0. The van der Waals surface area contributed by atoms with Crippen molar-refractivity contribution in [3.05, 3.63) is 125 Å². The Bertz CT molecular complexity index is 1380. The Kier molecular flexibility index (Phi) is 7.73. The maximum absolute atomic E-state index is 13.3. The SMILES string of the molecule is O=C(OCC(=O)N1N=C(c2ccc(Cl)cc2)C[C@H]1c1ccco1)[C@H](Sc1ccccc1)c1ccccc1. The molecule has 3 aromatic carbocycles. The molecular weight excluding hydrogens is 508 g/mol. The van der Waals surface area contributed by atoms with E-state index in [0.717, 1.165) is 21.7 Å². The minimum atomic E-state index is -0.621. The third-order valence-corrected chi connectivity index (χ3v) is 7.36. The number of carbonyl (C=O) groups excluding carboxylic acids is 2. The van der Waals surface area contributed by atoms with Gasteiger partial charge in [-0.05, 0) is 47.5 Å². The molecule has 5 rings (SSSR count). The first-order chi connectivity index (χ1) is 18.1. The number of halogens is 1. The summed E-state index contributed by atoms with van der Waals surface area (Å²) in [5, 5.41) is 5.92. The summed E-state index contributed by atoms with van der Waals surface area (Å²) in [6.07, 6.45) is 2.02. The van der Waals surface area contributed by atoms with Gasteiger partial charge in [-0.15, -0.1) is 11.8 Å². The van der Waals surface area contributed by atoms with Gasteiger partial charge in [0.05, 0.1) is 12.0 Å². The number of ether oxygens (including phenoxy) is 1. The maximum Gasteiger partial charge on any atom is 0.324 e. The van der Waals surface area contributed by atoms with Crippen LogP contribution in [0, 0.1) is 0 Å². The van der Waals surface area contributed by atoms with Crippen LogP contribution in [0.4, 0.5) is 0 Å². The van der Waals surface area contributed by atoms with E-state index in [1.165, 1.54) is 16.8 Å². The van der Waals surface area contributed by atoms with Crippen molar-refractivity contribution in [2.75, 3.05) is 6.61 Å². The average molecular weight is 531 g/mol. The zero-order valence-electron chi connectivity index (χ0n) is 19.7. The fourth-order valence-corrected chi connectivity index (χ4v) is 5.22. The molecule has 6 nitrogen and oxygen atoms in total. The second-order valence-electron chi connectivity index (χ2n) is 8.36. The highest BCUT2D eigenvalue weighted by Crippen LogP contribution is 2.37. The van der Waals surface area contributed by atoms with Crippen LogP contribution < -0.4 is 0 Å². The number of rotatable bonds is 8. The first kappa shape index (κ1) is 24.9. The van der Waals surface area contributed by atoms with E-state index in [4.69, 9.17) is 20.8 Å². The Balaban J connectivity index is 1.33. The minimum absolute atomic E-state index is 0.435. The molecule has 0 bridgehead atoms. The lowest BCUT2D eigenvalue weighted by Gasteiger charge is -2.21. The molecule has 0 saturated heterocycles. The summed E-state index contributed by atoms with van der Waals surface area (Å²) in [4.78, 5) is 27.4. The molecule has 8 heteroatoms. The van der Waals surface area contributed by atoms with E-state index in [-0.39, 0.29) is 0 Å². The zero-order chi connectivity index (χ0) is 25.6. The number of nitrogens with zero attached hydrogens (tertiary/aromatic N) is 2. The van der Waals surface area contributed by atoms with Crippen molar-refractivity contribution in [1.82, 2.24) is 5.01 Å². The van der Waals surface area contributed by atoms with E-state index < -0.39 is 29.8 Å².